The molecule has 0 spiro atoms. The number of carboxylic acids is 1. The molecule has 0 aromatic heterocycles. The number of aliphatic carboxylic acids is 1. The van der Waals surface area contributed by atoms with Crippen molar-refractivity contribution in [1.29, 1.82) is 0 Å². The largest absolute Gasteiger partial charge is 0.480 e. The Bertz CT molecular complexity index is 1100. The van der Waals surface area contributed by atoms with Gasteiger partial charge in [-0.25, -0.2) is 20.3 Å². The number of alkyl halides is 2. The number of hydrogen-bond acceptors (Lipinski definition) is 13. The van der Waals surface area contributed by atoms with E-state index < -0.39 is 52.5 Å². The van der Waals surface area contributed by atoms with Crippen molar-refractivity contribution >= 4 is 76.5 Å². The first-order valence-electron chi connectivity index (χ1n) is 12.9. The van der Waals surface area contributed by atoms with Crippen LogP contribution in [-0.2, 0) is 51.6 Å². The van der Waals surface area contributed by atoms with Gasteiger partial charge in [-0.15, -0.1) is 35.0 Å². The first kappa shape index (κ1) is 41.4. The fraction of sp³-hybridized carbons (Fsp3) is 0.947. The zero-order chi connectivity index (χ0) is 32.6. The van der Waals surface area contributed by atoms with Gasteiger partial charge in [-0.2, -0.15) is 16.8 Å². The standard InChI is InChI=1S/C19H41Cl2N5O12P2S3/c1-42(31,32)37-14-10-24-39(29,22-8-6-20)35-12-4-19(26-17(18(27)28)3-16-41-19)5-13-36-40(30,23-9-7-21)25-11-15-38-43(2,33)34/h17,26H,3-16H2,1-2H3,(H,27,28)(H2,22,24,29)(H2,23,25,30). The van der Waals surface area contributed by atoms with Gasteiger partial charge in [0.25, 0.3) is 20.2 Å². The predicted octanol–water partition coefficient (Wildman–Crippen LogP) is 0.680. The summed E-state index contributed by atoms with van der Waals surface area (Å²) in [5.74, 6) is -0.369. The van der Waals surface area contributed by atoms with E-state index in [1.54, 1.807) is 0 Å². The van der Waals surface area contributed by atoms with Crippen molar-refractivity contribution in [3.8, 4) is 0 Å². The van der Waals surface area contributed by atoms with Crippen LogP contribution in [0.5, 0.6) is 0 Å². The molecule has 24 heteroatoms. The lowest BCUT2D eigenvalue weighted by Crippen LogP contribution is -2.55. The fourth-order valence-corrected chi connectivity index (χ4v) is 9.04. The second-order valence-corrected chi connectivity index (χ2v) is 18.5. The van der Waals surface area contributed by atoms with Crippen LogP contribution in [0.4, 0.5) is 0 Å². The molecule has 0 bridgehead atoms. The Labute approximate surface area is 267 Å². The summed E-state index contributed by atoms with van der Waals surface area (Å²) in [5, 5.41) is 23.3. The number of carboxylic acid groups (broad SMARTS) is 1. The third kappa shape index (κ3) is 19.0. The first-order valence-corrected chi connectivity index (χ1v) is 21.8. The summed E-state index contributed by atoms with van der Waals surface area (Å²) >= 11 is 12.8. The van der Waals surface area contributed by atoms with E-state index in [9.17, 15) is 35.9 Å². The van der Waals surface area contributed by atoms with E-state index >= 15 is 0 Å². The maximum absolute atomic E-state index is 13.3. The lowest BCUT2D eigenvalue weighted by molar-refractivity contribution is -0.140. The normalized spacial score (nSPS) is 22.6. The topological polar surface area (TPSA) is 237 Å². The van der Waals surface area contributed by atoms with Gasteiger partial charge in [-0.05, 0) is 25.0 Å². The van der Waals surface area contributed by atoms with E-state index in [1.807, 2.05) is 0 Å². The van der Waals surface area contributed by atoms with Gasteiger partial charge in [0.2, 0.25) is 0 Å². The summed E-state index contributed by atoms with van der Waals surface area (Å²) in [5.41, 5.74) is 0. The van der Waals surface area contributed by atoms with Gasteiger partial charge in [-0.1, -0.05) is 0 Å². The SMILES string of the molecule is CS(=O)(=O)OCCNP(=O)(NCCCl)OCCC1(CCOP(=O)(NCCCl)NCCOS(C)(=O)=O)NC(C(=O)O)CCS1. The molecular weight excluding hydrogens is 719 g/mol. The van der Waals surface area contributed by atoms with E-state index in [1.165, 1.54) is 11.8 Å². The monoisotopic (exact) mass is 759 g/mol. The minimum atomic E-state index is -3.72. The van der Waals surface area contributed by atoms with E-state index in [0.717, 1.165) is 12.5 Å². The highest BCUT2D eigenvalue weighted by Gasteiger charge is 2.40. The molecule has 0 amide bonds. The summed E-state index contributed by atoms with van der Waals surface area (Å²) in [6, 6.07) is -0.888. The molecule has 0 saturated carbocycles. The van der Waals surface area contributed by atoms with Crippen molar-refractivity contribution < 1.29 is 53.3 Å². The maximum Gasteiger partial charge on any atom is 0.340 e. The van der Waals surface area contributed by atoms with Crippen LogP contribution in [0.25, 0.3) is 0 Å². The lowest BCUT2D eigenvalue weighted by Gasteiger charge is -2.41. The van der Waals surface area contributed by atoms with Crippen molar-refractivity contribution in [2.45, 2.75) is 30.2 Å². The van der Waals surface area contributed by atoms with E-state index in [0.29, 0.717) is 12.2 Å². The third-order valence-electron chi connectivity index (χ3n) is 5.35. The van der Waals surface area contributed by atoms with Crippen molar-refractivity contribution in [1.82, 2.24) is 25.7 Å². The summed E-state index contributed by atoms with van der Waals surface area (Å²) in [6.45, 7) is -0.889. The molecule has 1 fully saturated rings. The first-order chi connectivity index (χ1) is 20.0. The molecule has 6 N–H and O–H groups in total. The molecule has 1 saturated heterocycles. The van der Waals surface area contributed by atoms with Crippen LogP contribution in [0, 0.1) is 0 Å². The molecule has 1 heterocycles. The molecule has 256 valence electrons. The Morgan fingerprint density at radius 2 is 1.28 bits per heavy atom. The highest BCUT2D eigenvalue weighted by Crippen LogP contribution is 2.42. The average molecular weight is 761 g/mol. The van der Waals surface area contributed by atoms with Crippen molar-refractivity contribution in [2.24, 2.45) is 0 Å². The molecule has 1 aliphatic heterocycles. The lowest BCUT2D eigenvalue weighted by atomic mass is 10.1. The molecule has 43 heavy (non-hydrogen) atoms. The van der Waals surface area contributed by atoms with Crippen LogP contribution in [0.3, 0.4) is 0 Å². The highest BCUT2D eigenvalue weighted by molar-refractivity contribution is 8.00. The summed E-state index contributed by atoms with van der Waals surface area (Å²) in [7, 11) is -14.8. The fourth-order valence-electron chi connectivity index (χ4n) is 3.53. The maximum atomic E-state index is 13.3. The van der Waals surface area contributed by atoms with Crippen LogP contribution in [0.1, 0.15) is 19.3 Å². The second-order valence-electron chi connectivity index (χ2n) is 9.00. The van der Waals surface area contributed by atoms with Crippen LogP contribution in [0.2, 0.25) is 0 Å². The summed E-state index contributed by atoms with van der Waals surface area (Å²) < 4.78 is 91.9. The molecule has 0 aromatic carbocycles. The average Bonchev–Trinajstić information content (AvgIpc) is 2.90. The number of halogens is 2. The van der Waals surface area contributed by atoms with E-state index in [-0.39, 0.29) is 77.2 Å². The zero-order valence-electron chi connectivity index (χ0n) is 23.8. The second kappa shape index (κ2) is 19.9. The van der Waals surface area contributed by atoms with Gasteiger partial charge in [-0.3, -0.25) is 27.6 Å². The molecule has 3 unspecified atom stereocenters. The van der Waals surface area contributed by atoms with Crippen LogP contribution in [-0.4, -0.2) is 121 Å². The number of nitrogens with one attached hydrogen (secondary N) is 5. The Kier molecular flexibility index (Phi) is 19.2. The Balaban J connectivity index is 2.92. The molecular formula is C19H41Cl2N5O12P2S3. The van der Waals surface area contributed by atoms with Gasteiger partial charge in [0.05, 0.1) is 43.8 Å². The van der Waals surface area contributed by atoms with Gasteiger partial charge >= 0.3 is 21.3 Å². The Hall–Kier alpha value is 0.400. The molecule has 17 nitrogen and oxygen atoms in total. The minimum Gasteiger partial charge on any atom is -0.480 e. The quantitative estimate of drug-likeness (QED) is 0.0325. The zero-order valence-corrected chi connectivity index (χ0v) is 29.5. The number of thioether (sulfide) groups is 1. The summed E-state index contributed by atoms with van der Waals surface area (Å²) in [4.78, 5) is 10.8. The third-order valence-corrected chi connectivity index (χ3v) is 12.1. The molecule has 0 radical (unpaired) electrons. The predicted molar refractivity (Wildman–Crippen MR) is 166 cm³/mol. The van der Waals surface area contributed by atoms with Gasteiger partial charge in [0.1, 0.15) is 6.04 Å². The van der Waals surface area contributed by atoms with Gasteiger partial charge < -0.3 is 14.2 Å². The summed E-state index contributed by atoms with van der Waals surface area (Å²) in [6.07, 6.45) is 2.40. The Morgan fingerprint density at radius 1 is 0.860 bits per heavy atom. The van der Waals surface area contributed by atoms with Gasteiger partial charge in [0.15, 0.2) is 0 Å². The van der Waals surface area contributed by atoms with Crippen LogP contribution < -0.4 is 25.7 Å². The van der Waals surface area contributed by atoms with Crippen molar-refractivity contribution in [2.75, 3.05) is 82.6 Å². The molecule has 0 aromatic rings. The molecule has 1 rings (SSSR count). The number of hydrogen-bond donors (Lipinski definition) is 6. The highest BCUT2D eigenvalue weighted by atomic mass is 35.5. The molecule has 0 aliphatic carbocycles. The molecule has 3 atom stereocenters. The minimum absolute atomic E-state index is 0.110. The number of carbonyl (C=O) groups is 1. The van der Waals surface area contributed by atoms with Crippen molar-refractivity contribution in [3.63, 3.8) is 0 Å². The van der Waals surface area contributed by atoms with E-state index in [2.05, 4.69) is 34.0 Å². The van der Waals surface area contributed by atoms with Crippen molar-refractivity contribution in [3.05, 3.63) is 0 Å². The van der Waals surface area contributed by atoms with E-state index in [4.69, 9.17) is 32.2 Å². The number of rotatable bonds is 25. The molecule has 1 aliphatic rings. The van der Waals surface area contributed by atoms with Crippen LogP contribution in [0.15, 0.2) is 0 Å². The van der Waals surface area contributed by atoms with Gasteiger partial charge in [0, 0.05) is 37.9 Å². The smallest absolute Gasteiger partial charge is 0.340 e. The Morgan fingerprint density at radius 3 is 1.65 bits per heavy atom. The van der Waals surface area contributed by atoms with Crippen LogP contribution >= 0.6 is 50.3 Å².